The second-order valence-electron chi connectivity index (χ2n) is 6.25. The summed E-state index contributed by atoms with van der Waals surface area (Å²) in [5.41, 5.74) is 5.58. The third-order valence-corrected chi connectivity index (χ3v) is 4.34. The second kappa shape index (κ2) is 10.1. The van der Waals surface area contributed by atoms with Gasteiger partial charge in [0.2, 0.25) is 5.91 Å². The molecule has 5 nitrogen and oxygen atoms in total. The minimum absolute atomic E-state index is 0.0289. The van der Waals surface area contributed by atoms with Crippen LogP contribution in [-0.4, -0.2) is 67.1 Å². The first-order valence-corrected chi connectivity index (χ1v) is 8.55. The van der Waals surface area contributed by atoms with Gasteiger partial charge in [-0.1, -0.05) is 13.3 Å². The van der Waals surface area contributed by atoms with Crippen molar-refractivity contribution in [2.24, 2.45) is 5.73 Å². The second-order valence-corrected chi connectivity index (χ2v) is 6.25. The third-order valence-electron chi connectivity index (χ3n) is 4.34. The number of carbonyl (C=O) groups is 1. The molecule has 1 fully saturated rings. The number of carbonyl (C=O) groups excluding carboxylic acids is 1. The Morgan fingerprint density at radius 2 is 2.00 bits per heavy atom. The smallest absolute Gasteiger partial charge is 0.237 e. The van der Waals surface area contributed by atoms with E-state index in [1.165, 1.54) is 0 Å². The van der Waals surface area contributed by atoms with Gasteiger partial charge >= 0.3 is 0 Å². The average Bonchev–Trinajstić information content (AvgIpc) is 2.70. The minimum Gasteiger partial charge on any atom is -0.352 e. The Balaban J connectivity index is 2.39. The summed E-state index contributed by atoms with van der Waals surface area (Å²) in [5.74, 6) is 0.173. The summed E-state index contributed by atoms with van der Waals surface area (Å²) in [6, 6.07) is 0.247. The summed E-state index contributed by atoms with van der Waals surface area (Å²) in [6.45, 7) is 12.3. The predicted molar refractivity (Wildman–Crippen MR) is 88.3 cm³/mol. The number of amides is 1. The Labute approximate surface area is 130 Å². The van der Waals surface area contributed by atoms with Crippen LogP contribution in [0, 0.1) is 0 Å². The Hall–Kier alpha value is -0.650. The summed E-state index contributed by atoms with van der Waals surface area (Å²) in [4.78, 5) is 17.1. The van der Waals surface area contributed by atoms with Crippen molar-refractivity contribution >= 4 is 5.91 Å². The molecule has 5 heteroatoms. The first kappa shape index (κ1) is 18.4. The molecule has 0 aromatic carbocycles. The molecule has 0 radical (unpaired) electrons. The molecule has 1 amide bonds. The van der Waals surface area contributed by atoms with Crippen LogP contribution in [0.5, 0.6) is 0 Å². The zero-order valence-electron chi connectivity index (χ0n) is 14.1. The lowest BCUT2D eigenvalue weighted by molar-refractivity contribution is -0.126. The highest BCUT2D eigenvalue weighted by Crippen LogP contribution is 2.08. The lowest BCUT2D eigenvalue weighted by atomic mass is 10.1. The van der Waals surface area contributed by atoms with Crippen LogP contribution < -0.4 is 11.1 Å². The van der Waals surface area contributed by atoms with Gasteiger partial charge in [-0.2, -0.15) is 0 Å². The van der Waals surface area contributed by atoms with Gasteiger partial charge in [0, 0.05) is 25.7 Å². The molecule has 124 valence electrons. The molecule has 2 unspecified atom stereocenters. The van der Waals surface area contributed by atoms with Crippen molar-refractivity contribution in [2.45, 2.75) is 58.5 Å². The third kappa shape index (κ3) is 6.76. The molecule has 0 saturated carbocycles. The Kier molecular flexibility index (Phi) is 8.88. The van der Waals surface area contributed by atoms with E-state index < -0.39 is 0 Å². The zero-order valence-corrected chi connectivity index (χ0v) is 14.1. The minimum atomic E-state index is -0.0289. The van der Waals surface area contributed by atoms with E-state index >= 15 is 0 Å². The van der Waals surface area contributed by atoms with Crippen LogP contribution in [0.25, 0.3) is 0 Å². The highest BCUT2D eigenvalue weighted by atomic mass is 16.2. The van der Waals surface area contributed by atoms with Crippen LogP contribution in [-0.2, 0) is 4.79 Å². The van der Waals surface area contributed by atoms with E-state index in [1.54, 1.807) is 0 Å². The van der Waals surface area contributed by atoms with Crippen molar-refractivity contribution in [3.63, 3.8) is 0 Å². The Morgan fingerprint density at radius 3 is 2.67 bits per heavy atom. The van der Waals surface area contributed by atoms with E-state index in [2.05, 4.69) is 29.0 Å². The summed E-state index contributed by atoms with van der Waals surface area (Å²) < 4.78 is 0. The molecule has 0 bridgehead atoms. The maximum Gasteiger partial charge on any atom is 0.237 e. The van der Waals surface area contributed by atoms with Gasteiger partial charge in [0.1, 0.15) is 0 Å². The average molecular weight is 298 g/mol. The largest absolute Gasteiger partial charge is 0.352 e. The van der Waals surface area contributed by atoms with E-state index in [1.807, 2.05) is 6.92 Å². The topological polar surface area (TPSA) is 61.6 Å². The van der Waals surface area contributed by atoms with Gasteiger partial charge in [-0.3, -0.25) is 9.69 Å². The Morgan fingerprint density at radius 1 is 1.24 bits per heavy atom. The summed E-state index contributed by atoms with van der Waals surface area (Å²) in [6.07, 6.45) is 4.35. The molecule has 0 aromatic heterocycles. The molecule has 1 saturated heterocycles. The molecular formula is C16H34N4O. The van der Waals surface area contributed by atoms with Gasteiger partial charge in [-0.25, -0.2) is 0 Å². The molecule has 0 aromatic rings. The van der Waals surface area contributed by atoms with E-state index in [-0.39, 0.29) is 18.0 Å². The number of nitrogens with one attached hydrogen (secondary N) is 1. The molecule has 21 heavy (non-hydrogen) atoms. The van der Waals surface area contributed by atoms with Crippen molar-refractivity contribution in [1.29, 1.82) is 0 Å². The standard InChI is InChI=1S/C16H34N4O/c1-4-7-14(2)18-16(21)15(3)20-11-6-10-19(12-13-20)9-5-8-17/h14-15H,4-13,17H2,1-3H3,(H,18,21). The number of hydrogen-bond acceptors (Lipinski definition) is 4. The quantitative estimate of drug-likeness (QED) is 0.703. The van der Waals surface area contributed by atoms with Gasteiger partial charge < -0.3 is 16.0 Å². The maximum absolute atomic E-state index is 12.3. The van der Waals surface area contributed by atoms with E-state index in [4.69, 9.17) is 5.73 Å². The molecule has 2 atom stereocenters. The van der Waals surface area contributed by atoms with Gasteiger partial charge in [-0.15, -0.1) is 0 Å². The van der Waals surface area contributed by atoms with Crippen molar-refractivity contribution in [3.05, 3.63) is 0 Å². The maximum atomic E-state index is 12.3. The molecule has 3 N–H and O–H groups in total. The number of nitrogens with zero attached hydrogens (tertiary/aromatic N) is 2. The van der Waals surface area contributed by atoms with E-state index in [0.717, 1.165) is 65.0 Å². The van der Waals surface area contributed by atoms with E-state index in [0.29, 0.717) is 0 Å². The summed E-state index contributed by atoms with van der Waals surface area (Å²) >= 11 is 0. The number of rotatable bonds is 8. The molecule has 1 heterocycles. The lowest BCUT2D eigenvalue weighted by Gasteiger charge is -2.28. The van der Waals surface area contributed by atoms with Gasteiger partial charge in [0.25, 0.3) is 0 Å². The number of nitrogens with two attached hydrogens (primary N) is 1. The van der Waals surface area contributed by atoms with Crippen molar-refractivity contribution in [3.8, 4) is 0 Å². The van der Waals surface area contributed by atoms with Gasteiger partial charge in [0.15, 0.2) is 0 Å². The molecule has 0 aliphatic carbocycles. The van der Waals surface area contributed by atoms with Crippen molar-refractivity contribution < 1.29 is 4.79 Å². The predicted octanol–water partition coefficient (Wildman–Crippen LogP) is 1.04. The monoisotopic (exact) mass is 298 g/mol. The summed E-state index contributed by atoms with van der Waals surface area (Å²) in [7, 11) is 0. The zero-order chi connectivity index (χ0) is 15.7. The SMILES string of the molecule is CCCC(C)NC(=O)C(C)N1CCCN(CCCN)CC1. The molecule has 1 aliphatic heterocycles. The van der Waals surface area contributed by atoms with Crippen LogP contribution in [0.4, 0.5) is 0 Å². The van der Waals surface area contributed by atoms with Crippen LogP contribution in [0.2, 0.25) is 0 Å². The fourth-order valence-electron chi connectivity index (χ4n) is 2.95. The van der Waals surface area contributed by atoms with Gasteiger partial charge in [0.05, 0.1) is 6.04 Å². The van der Waals surface area contributed by atoms with Crippen molar-refractivity contribution in [2.75, 3.05) is 39.3 Å². The lowest BCUT2D eigenvalue weighted by Crippen LogP contribution is -2.48. The highest BCUT2D eigenvalue weighted by Gasteiger charge is 2.24. The number of hydrogen-bond donors (Lipinski definition) is 2. The van der Waals surface area contributed by atoms with E-state index in [9.17, 15) is 4.79 Å². The molecular weight excluding hydrogens is 264 g/mol. The Bertz CT molecular complexity index is 298. The van der Waals surface area contributed by atoms with Crippen LogP contribution in [0.3, 0.4) is 0 Å². The fourth-order valence-corrected chi connectivity index (χ4v) is 2.95. The van der Waals surface area contributed by atoms with Crippen LogP contribution in [0.15, 0.2) is 0 Å². The molecule has 1 rings (SSSR count). The normalized spacial score (nSPS) is 20.8. The van der Waals surface area contributed by atoms with Crippen LogP contribution >= 0.6 is 0 Å². The molecule has 0 spiro atoms. The first-order valence-electron chi connectivity index (χ1n) is 8.55. The van der Waals surface area contributed by atoms with Crippen LogP contribution in [0.1, 0.15) is 46.5 Å². The fraction of sp³-hybridized carbons (Fsp3) is 0.938. The summed E-state index contributed by atoms with van der Waals surface area (Å²) in [5, 5.41) is 3.13. The first-order chi connectivity index (χ1) is 10.1. The van der Waals surface area contributed by atoms with Crippen molar-refractivity contribution in [1.82, 2.24) is 15.1 Å². The van der Waals surface area contributed by atoms with Gasteiger partial charge in [-0.05, 0) is 52.7 Å². The molecule has 1 aliphatic rings. The highest BCUT2D eigenvalue weighted by molar-refractivity contribution is 5.81.